The predicted octanol–water partition coefficient (Wildman–Crippen LogP) is 1.38. The van der Waals surface area contributed by atoms with Crippen LogP contribution >= 0.6 is 0 Å². The van der Waals surface area contributed by atoms with Crippen LogP contribution in [0.3, 0.4) is 0 Å². The molecule has 0 heterocycles. The van der Waals surface area contributed by atoms with Crippen LogP contribution in [0.15, 0.2) is 0 Å². The second-order valence-electron chi connectivity index (χ2n) is 3.19. The van der Waals surface area contributed by atoms with Gasteiger partial charge in [0.05, 0.1) is 17.1 Å². The number of nitrogen functional groups attached to an aromatic ring is 2. The van der Waals surface area contributed by atoms with Crippen LogP contribution in [0.5, 0.6) is 0 Å². The van der Waals surface area contributed by atoms with Crippen molar-refractivity contribution in [3.63, 3.8) is 0 Å². The summed E-state index contributed by atoms with van der Waals surface area (Å²) in [6.45, 7) is 3.75. The van der Waals surface area contributed by atoms with Crippen molar-refractivity contribution in [2.24, 2.45) is 0 Å². The predicted molar refractivity (Wildman–Crippen MR) is 59.0 cm³/mol. The first-order valence-electron chi connectivity index (χ1n) is 4.30. The molecule has 0 atom stereocenters. The SMILES string of the molecule is CNc1c(N)c(C)c(C)c(N)c1C#N. The minimum absolute atomic E-state index is 0.424. The van der Waals surface area contributed by atoms with Crippen LogP contribution < -0.4 is 16.8 Å². The van der Waals surface area contributed by atoms with Crippen LogP contribution in [-0.2, 0) is 0 Å². The molecule has 0 amide bonds. The number of nitriles is 1. The number of rotatable bonds is 1. The van der Waals surface area contributed by atoms with Gasteiger partial charge in [-0.15, -0.1) is 0 Å². The molecular formula is C10H14N4. The molecule has 0 bridgehead atoms. The molecule has 0 fully saturated rings. The summed E-state index contributed by atoms with van der Waals surface area (Å²) in [5, 5.41) is 11.8. The van der Waals surface area contributed by atoms with Gasteiger partial charge in [-0.05, 0) is 25.0 Å². The first-order valence-corrected chi connectivity index (χ1v) is 4.30. The Morgan fingerprint density at radius 1 is 1.14 bits per heavy atom. The molecule has 1 aromatic carbocycles. The number of nitrogens with one attached hydrogen (secondary N) is 1. The summed E-state index contributed by atoms with van der Waals surface area (Å²) in [5.41, 5.74) is 15.6. The van der Waals surface area contributed by atoms with Crippen LogP contribution in [0.25, 0.3) is 0 Å². The fourth-order valence-corrected chi connectivity index (χ4v) is 1.42. The number of nitrogens with zero attached hydrogens (tertiary/aromatic N) is 1. The highest BCUT2D eigenvalue weighted by Gasteiger charge is 2.14. The molecule has 0 saturated carbocycles. The van der Waals surface area contributed by atoms with E-state index in [1.54, 1.807) is 7.05 Å². The van der Waals surface area contributed by atoms with E-state index in [0.717, 1.165) is 11.1 Å². The summed E-state index contributed by atoms with van der Waals surface area (Å²) in [6.07, 6.45) is 0. The minimum Gasteiger partial charge on any atom is -0.397 e. The Balaban J connectivity index is 3.68. The Morgan fingerprint density at radius 2 is 1.64 bits per heavy atom. The van der Waals surface area contributed by atoms with E-state index < -0.39 is 0 Å². The Morgan fingerprint density at radius 3 is 2.07 bits per heavy atom. The lowest BCUT2D eigenvalue weighted by Crippen LogP contribution is -2.07. The fraction of sp³-hybridized carbons (Fsp3) is 0.300. The van der Waals surface area contributed by atoms with Gasteiger partial charge in [-0.1, -0.05) is 0 Å². The second kappa shape index (κ2) is 3.46. The maximum absolute atomic E-state index is 8.94. The van der Waals surface area contributed by atoms with E-state index in [1.807, 2.05) is 13.8 Å². The molecule has 0 radical (unpaired) electrons. The Bertz CT molecular complexity index is 415. The molecule has 1 aromatic rings. The summed E-state index contributed by atoms with van der Waals surface area (Å²) in [4.78, 5) is 0. The minimum atomic E-state index is 0.424. The first kappa shape index (κ1) is 10.2. The fourth-order valence-electron chi connectivity index (χ4n) is 1.42. The lowest BCUT2D eigenvalue weighted by atomic mass is 9.99. The zero-order valence-corrected chi connectivity index (χ0v) is 8.60. The average Bonchev–Trinajstić information content (AvgIpc) is 2.20. The summed E-state index contributed by atoms with van der Waals surface area (Å²) >= 11 is 0. The quantitative estimate of drug-likeness (QED) is 0.584. The third kappa shape index (κ3) is 1.23. The van der Waals surface area contributed by atoms with Gasteiger partial charge >= 0.3 is 0 Å². The molecule has 5 N–H and O–H groups in total. The van der Waals surface area contributed by atoms with Gasteiger partial charge in [0.15, 0.2) is 0 Å². The van der Waals surface area contributed by atoms with Crippen LogP contribution in [0.2, 0.25) is 0 Å². The molecule has 0 aliphatic rings. The van der Waals surface area contributed by atoms with Crippen LogP contribution in [0, 0.1) is 25.2 Å². The summed E-state index contributed by atoms with van der Waals surface area (Å²) in [6, 6.07) is 2.06. The van der Waals surface area contributed by atoms with E-state index in [2.05, 4.69) is 11.4 Å². The zero-order valence-electron chi connectivity index (χ0n) is 8.60. The van der Waals surface area contributed by atoms with Crippen LogP contribution in [-0.4, -0.2) is 7.05 Å². The summed E-state index contributed by atoms with van der Waals surface area (Å²) < 4.78 is 0. The van der Waals surface area contributed by atoms with Gasteiger partial charge in [0.25, 0.3) is 0 Å². The van der Waals surface area contributed by atoms with Crippen molar-refractivity contribution < 1.29 is 0 Å². The van der Waals surface area contributed by atoms with Crippen molar-refractivity contribution in [3.05, 3.63) is 16.7 Å². The van der Waals surface area contributed by atoms with Crippen molar-refractivity contribution in [2.45, 2.75) is 13.8 Å². The highest BCUT2D eigenvalue weighted by atomic mass is 14.9. The van der Waals surface area contributed by atoms with E-state index in [4.69, 9.17) is 16.7 Å². The van der Waals surface area contributed by atoms with Crippen molar-refractivity contribution in [2.75, 3.05) is 23.8 Å². The molecule has 0 unspecified atom stereocenters. The smallest absolute Gasteiger partial charge is 0.104 e. The van der Waals surface area contributed by atoms with Gasteiger partial charge in [-0.2, -0.15) is 5.26 Å². The second-order valence-corrected chi connectivity index (χ2v) is 3.19. The van der Waals surface area contributed by atoms with E-state index in [1.165, 1.54) is 0 Å². The molecule has 0 saturated heterocycles. The van der Waals surface area contributed by atoms with E-state index in [0.29, 0.717) is 22.6 Å². The third-order valence-electron chi connectivity index (χ3n) is 2.52. The highest BCUT2D eigenvalue weighted by Crippen LogP contribution is 2.34. The van der Waals surface area contributed by atoms with E-state index >= 15 is 0 Å². The van der Waals surface area contributed by atoms with E-state index in [9.17, 15) is 0 Å². The Labute approximate surface area is 83.5 Å². The Hall–Kier alpha value is -1.89. The molecule has 0 spiro atoms. The first-order chi connectivity index (χ1) is 6.54. The highest BCUT2D eigenvalue weighted by molar-refractivity contribution is 5.85. The zero-order chi connectivity index (χ0) is 10.9. The molecule has 0 aliphatic carbocycles. The summed E-state index contributed by atoms with van der Waals surface area (Å²) in [7, 11) is 1.72. The third-order valence-corrected chi connectivity index (χ3v) is 2.52. The van der Waals surface area contributed by atoms with Crippen molar-refractivity contribution in [3.8, 4) is 6.07 Å². The van der Waals surface area contributed by atoms with Crippen LogP contribution in [0.4, 0.5) is 17.1 Å². The largest absolute Gasteiger partial charge is 0.397 e. The normalized spacial score (nSPS) is 9.57. The Kier molecular flexibility index (Phi) is 2.52. The number of anilines is 3. The maximum Gasteiger partial charge on any atom is 0.104 e. The molecule has 74 valence electrons. The number of hydrogen-bond donors (Lipinski definition) is 3. The maximum atomic E-state index is 8.94. The van der Waals surface area contributed by atoms with Gasteiger partial charge in [0.1, 0.15) is 11.6 Å². The molecule has 0 aromatic heterocycles. The van der Waals surface area contributed by atoms with Gasteiger partial charge in [0, 0.05) is 7.05 Å². The van der Waals surface area contributed by atoms with Gasteiger partial charge in [0.2, 0.25) is 0 Å². The molecule has 14 heavy (non-hydrogen) atoms. The lowest BCUT2D eigenvalue weighted by Gasteiger charge is -2.15. The monoisotopic (exact) mass is 190 g/mol. The van der Waals surface area contributed by atoms with Gasteiger partial charge in [-0.3, -0.25) is 0 Å². The molecule has 4 heteroatoms. The van der Waals surface area contributed by atoms with Crippen molar-refractivity contribution in [1.29, 1.82) is 5.26 Å². The number of nitrogens with two attached hydrogens (primary N) is 2. The molecular weight excluding hydrogens is 176 g/mol. The van der Waals surface area contributed by atoms with Crippen LogP contribution in [0.1, 0.15) is 16.7 Å². The molecule has 0 aliphatic heterocycles. The van der Waals surface area contributed by atoms with Crippen molar-refractivity contribution >= 4 is 17.1 Å². The molecule has 4 nitrogen and oxygen atoms in total. The standard InChI is InChI=1S/C10H14N4/c1-5-6(2)9(13)10(14-3)7(4-11)8(5)12/h14H,12-13H2,1-3H3. The average molecular weight is 190 g/mol. The molecule has 1 rings (SSSR count). The van der Waals surface area contributed by atoms with E-state index in [-0.39, 0.29) is 0 Å². The summed E-state index contributed by atoms with van der Waals surface area (Å²) in [5.74, 6) is 0. The number of benzene rings is 1. The van der Waals surface area contributed by atoms with Gasteiger partial charge in [-0.25, -0.2) is 0 Å². The van der Waals surface area contributed by atoms with Gasteiger partial charge < -0.3 is 16.8 Å². The lowest BCUT2D eigenvalue weighted by molar-refractivity contribution is 1.32. The topological polar surface area (TPSA) is 87.9 Å². The van der Waals surface area contributed by atoms with Crippen molar-refractivity contribution in [1.82, 2.24) is 0 Å². The number of hydrogen-bond acceptors (Lipinski definition) is 4.